The third kappa shape index (κ3) is 4.42. The standard InChI is InChI=1S/C14H22N2OS/c1-11(8-13-5-7-18-10-13)16-14(17)3-2-12-4-6-15-9-12/h5,7,10-12,15H,2-4,6,8-9H2,1H3,(H,16,17). The second-order valence-electron chi connectivity index (χ2n) is 5.20. The molecule has 1 aliphatic rings. The Labute approximate surface area is 113 Å². The summed E-state index contributed by atoms with van der Waals surface area (Å²) in [6, 6.07) is 2.35. The fraction of sp³-hybridized carbons (Fsp3) is 0.643. The average Bonchev–Trinajstić information content (AvgIpc) is 2.98. The second kappa shape index (κ2) is 6.90. The van der Waals surface area contributed by atoms with Crippen LogP contribution in [-0.4, -0.2) is 25.0 Å². The zero-order valence-electron chi connectivity index (χ0n) is 10.9. The molecule has 0 bridgehead atoms. The molecule has 4 heteroatoms. The summed E-state index contributed by atoms with van der Waals surface area (Å²) in [5, 5.41) is 10.6. The van der Waals surface area contributed by atoms with Crippen molar-refractivity contribution in [2.45, 2.75) is 38.6 Å². The molecule has 18 heavy (non-hydrogen) atoms. The van der Waals surface area contributed by atoms with E-state index in [0.717, 1.165) is 25.9 Å². The minimum Gasteiger partial charge on any atom is -0.353 e. The molecule has 1 amide bonds. The molecular weight excluding hydrogens is 244 g/mol. The number of nitrogens with one attached hydrogen (secondary N) is 2. The second-order valence-corrected chi connectivity index (χ2v) is 5.98. The van der Waals surface area contributed by atoms with Crippen LogP contribution in [0.4, 0.5) is 0 Å². The third-order valence-corrected chi connectivity index (χ3v) is 4.20. The third-order valence-electron chi connectivity index (χ3n) is 3.47. The molecule has 0 spiro atoms. The van der Waals surface area contributed by atoms with Crippen molar-refractivity contribution in [1.82, 2.24) is 10.6 Å². The van der Waals surface area contributed by atoms with Gasteiger partial charge in [0.2, 0.25) is 5.91 Å². The lowest BCUT2D eigenvalue weighted by molar-refractivity contribution is -0.121. The van der Waals surface area contributed by atoms with E-state index in [1.807, 2.05) is 0 Å². The molecule has 0 radical (unpaired) electrons. The summed E-state index contributed by atoms with van der Waals surface area (Å²) in [6.45, 7) is 4.27. The smallest absolute Gasteiger partial charge is 0.220 e. The van der Waals surface area contributed by atoms with Gasteiger partial charge in [-0.15, -0.1) is 0 Å². The number of amides is 1. The molecule has 0 aromatic carbocycles. The zero-order valence-corrected chi connectivity index (χ0v) is 11.8. The van der Waals surface area contributed by atoms with E-state index in [-0.39, 0.29) is 11.9 Å². The van der Waals surface area contributed by atoms with E-state index >= 15 is 0 Å². The van der Waals surface area contributed by atoms with E-state index < -0.39 is 0 Å². The van der Waals surface area contributed by atoms with Crippen LogP contribution in [0.5, 0.6) is 0 Å². The minimum absolute atomic E-state index is 0.199. The number of thiophene rings is 1. The molecule has 2 unspecified atom stereocenters. The molecule has 1 aliphatic heterocycles. The van der Waals surface area contributed by atoms with Gasteiger partial charge < -0.3 is 10.6 Å². The summed E-state index contributed by atoms with van der Waals surface area (Å²) < 4.78 is 0. The summed E-state index contributed by atoms with van der Waals surface area (Å²) in [6.07, 6.45) is 3.84. The maximum atomic E-state index is 11.8. The summed E-state index contributed by atoms with van der Waals surface area (Å²) in [4.78, 5) is 11.8. The van der Waals surface area contributed by atoms with Crippen LogP contribution in [0.3, 0.4) is 0 Å². The molecule has 0 aliphatic carbocycles. The van der Waals surface area contributed by atoms with Crippen molar-refractivity contribution in [3.05, 3.63) is 22.4 Å². The monoisotopic (exact) mass is 266 g/mol. The van der Waals surface area contributed by atoms with Crippen molar-refractivity contribution in [1.29, 1.82) is 0 Å². The Morgan fingerprint density at radius 2 is 2.56 bits per heavy atom. The Bertz CT molecular complexity index is 358. The highest BCUT2D eigenvalue weighted by molar-refractivity contribution is 7.07. The number of carbonyl (C=O) groups is 1. The Morgan fingerprint density at radius 3 is 3.22 bits per heavy atom. The zero-order chi connectivity index (χ0) is 12.8. The number of carbonyl (C=O) groups excluding carboxylic acids is 1. The first-order valence-electron chi connectivity index (χ1n) is 6.75. The summed E-state index contributed by atoms with van der Waals surface area (Å²) >= 11 is 1.71. The highest BCUT2D eigenvalue weighted by Gasteiger charge is 2.16. The first-order valence-corrected chi connectivity index (χ1v) is 7.69. The molecule has 2 N–H and O–H groups in total. The van der Waals surface area contributed by atoms with Crippen LogP contribution in [0.15, 0.2) is 16.8 Å². The highest BCUT2D eigenvalue weighted by Crippen LogP contribution is 2.14. The van der Waals surface area contributed by atoms with E-state index in [0.29, 0.717) is 12.3 Å². The maximum absolute atomic E-state index is 11.8. The van der Waals surface area contributed by atoms with Crippen LogP contribution in [0.25, 0.3) is 0 Å². The maximum Gasteiger partial charge on any atom is 0.220 e. The van der Waals surface area contributed by atoms with Gasteiger partial charge in [0, 0.05) is 12.5 Å². The van der Waals surface area contributed by atoms with Crippen LogP contribution in [0.2, 0.25) is 0 Å². The normalized spacial score (nSPS) is 20.8. The molecule has 2 heterocycles. The Hall–Kier alpha value is -0.870. The molecule has 2 atom stereocenters. The molecule has 1 aromatic rings. The van der Waals surface area contributed by atoms with E-state index in [1.54, 1.807) is 11.3 Å². The van der Waals surface area contributed by atoms with Gasteiger partial charge in [-0.1, -0.05) is 0 Å². The highest BCUT2D eigenvalue weighted by atomic mass is 32.1. The molecule has 0 saturated carbocycles. The fourth-order valence-corrected chi connectivity index (χ4v) is 3.14. The molecule has 100 valence electrons. The first kappa shape index (κ1) is 13.6. The SMILES string of the molecule is CC(Cc1ccsc1)NC(=O)CCC1CCNC1. The molecule has 3 nitrogen and oxygen atoms in total. The minimum atomic E-state index is 0.199. The number of hydrogen-bond donors (Lipinski definition) is 2. The van der Waals surface area contributed by atoms with Gasteiger partial charge in [-0.3, -0.25) is 4.79 Å². The van der Waals surface area contributed by atoms with Gasteiger partial charge >= 0.3 is 0 Å². The molecule has 1 aromatic heterocycles. The topological polar surface area (TPSA) is 41.1 Å². The van der Waals surface area contributed by atoms with Gasteiger partial charge in [-0.25, -0.2) is 0 Å². The van der Waals surface area contributed by atoms with Crippen LogP contribution < -0.4 is 10.6 Å². The van der Waals surface area contributed by atoms with Crippen LogP contribution in [0, 0.1) is 5.92 Å². The number of rotatable bonds is 6. The quantitative estimate of drug-likeness (QED) is 0.828. The lowest BCUT2D eigenvalue weighted by Gasteiger charge is -2.14. The lowest BCUT2D eigenvalue weighted by Crippen LogP contribution is -2.34. The Kier molecular flexibility index (Phi) is 5.20. The van der Waals surface area contributed by atoms with Crippen molar-refractivity contribution in [3.8, 4) is 0 Å². The van der Waals surface area contributed by atoms with Crippen molar-refractivity contribution < 1.29 is 4.79 Å². The average molecular weight is 266 g/mol. The molecule has 1 saturated heterocycles. The lowest BCUT2D eigenvalue weighted by atomic mass is 10.0. The van der Waals surface area contributed by atoms with E-state index in [9.17, 15) is 4.79 Å². The summed E-state index contributed by atoms with van der Waals surface area (Å²) in [5.74, 6) is 0.896. The van der Waals surface area contributed by atoms with E-state index in [4.69, 9.17) is 0 Å². The Balaban J connectivity index is 1.63. The van der Waals surface area contributed by atoms with Crippen LogP contribution in [-0.2, 0) is 11.2 Å². The predicted octanol–water partition coefficient (Wildman–Crippen LogP) is 2.18. The van der Waals surface area contributed by atoms with Crippen LogP contribution >= 0.6 is 11.3 Å². The summed E-state index contributed by atoms with van der Waals surface area (Å²) in [5.41, 5.74) is 1.31. The van der Waals surface area contributed by atoms with Crippen molar-refractivity contribution in [2.24, 2.45) is 5.92 Å². The van der Waals surface area contributed by atoms with Crippen LogP contribution in [0.1, 0.15) is 31.7 Å². The largest absolute Gasteiger partial charge is 0.353 e. The van der Waals surface area contributed by atoms with Gasteiger partial charge in [0.25, 0.3) is 0 Å². The molecular formula is C14H22N2OS. The summed E-state index contributed by atoms with van der Waals surface area (Å²) in [7, 11) is 0. The van der Waals surface area contributed by atoms with Gasteiger partial charge in [-0.05, 0) is 67.6 Å². The molecule has 2 rings (SSSR count). The van der Waals surface area contributed by atoms with Crippen molar-refractivity contribution in [2.75, 3.05) is 13.1 Å². The van der Waals surface area contributed by atoms with Crippen molar-refractivity contribution >= 4 is 17.2 Å². The Morgan fingerprint density at radius 1 is 1.67 bits per heavy atom. The predicted molar refractivity (Wildman–Crippen MR) is 75.8 cm³/mol. The van der Waals surface area contributed by atoms with Gasteiger partial charge in [0.05, 0.1) is 0 Å². The van der Waals surface area contributed by atoms with E-state index in [2.05, 4.69) is 34.4 Å². The molecule has 1 fully saturated rings. The fourth-order valence-electron chi connectivity index (χ4n) is 2.46. The van der Waals surface area contributed by atoms with Crippen molar-refractivity contribution in [3.63, 3.8) is 0 Å². The first-order chi connectivity index (χ1) is 8.74. The van der Waals surface area contributed by atoms with Gasteiger partial charge in [0.15, 0.2) is 0 Å². The van der Waals surface area contributed by atoms with Gasteiger partial charge in [-0.2, -0.15) is 11.3 Å². The van der Waals surface area contributed by atoms with Gasteiger partial charge in [0.1, 0.15) is 0 Å². The van der Waals surface area contributed by atoms with E-state index in [1.165, 1.54) is 12.0 Å². The number of hydrogen-bond acceptors (Lipinski definition) is 3.